The second-order valence-corrected chi connectivity index (χ2v) is 4.57. The van der Waals surface area contributed by atoms with Gasteiger partial charge in [0.25, 0.3) is 0 Å². The fourth-order valence-electron chi connectivity index (χ4n) is 2.46. The molecular weight excluding hydrogens is 208 g/mol. The van der Waals surface area contributed by atoms with Crippen LogP contribution in [0.1, 0.15) is 16.7 Å². The van der Waals surface area contributed by atoms with Crippen LogP contribution in [0.2, 0.25) is 0 Å². The molecule has 0 unspecified atom stereocenters. The summed E-state index contributed by atoms with van der Waals surface area (Å²) in [4.78, 5) is 9.00. The van der Waals surface area contributed by atoms with Crippen LogP contribution >= 0.6 is 0 Å². The molecule has 0 bridgehead atoms. The Hall–Kier alpha value is -1.96. The lowest BCUT2D eigenvalue weighted by Crippen LogP contribution is -1.91. The zero-order valence-electron chi connectivity index (χ0n) is 10.3. The monoisotopic (exact) mass is 222 g/mol. The van der Waals surface area contributed by atoms with Gasteiger partial charge in [0.15, 0.2) is 0 Å². The van der Waals surface area contributed by atoms with Crippen LogP contribution in [0.25, 0.3) is 21.8 Å². The number of aromatic nitrogens is 2. The number of hydrogen-bond acceptors (Lipinski definition) is 2. The first-order chi connectivity index (χ1) is 8.18. The third-order valence-corrected chi connectivity index (χ3v) is 3.35. The van der Waals surface area contributed by atoms with Crippen molar-refractivity contribution in [1.29, 1.82) is 0 Å². The number of aryl methyl sites for hydroxylation is 3. The Morgan fingerprint density at radius 1 is 0.765 bits per heavy atom. The highest BCUT2D eigenvalue weighted by Crippen LogP contribution is 2.28. The van der Waals surface area contributed by atoms with Gasteiger partial charge in [0.2, 0.25) is 0 Å². The first kappa shape index (κ1) is 10.2. The smallest absolute Gasteiger partial charge is 0.0969 e. The van der Waals surface area contributed by atoms with Crippen molar-refractivity contribution in [3.8, 4) is 0 Å². The third-order valence-electron chi connectivity index (χ3n) is 3.35. The Morgan fingerprint density at radius 2 is 1.41 bits per heavy atom. The standard InChI is InChI=1S/C15H14N2/c1-9-4-6-16-14-12(9)8-11(3)13-10(2)5-7-17-15(13)14/h4-8H,1-3H3. The van der Waals surface area contributed by atoms with Crippen LogP contribution in [0, 0.1) is 20.8 Å². The number of fused-ring (bicyclic) bond motifs is 3. The number of nitrogens with zero attached hydrogens (tertiary/aromatic N) is 2. The number of pyridine rings is 2. The summed E-state index contributed by atoms with van der Waals surface area (Å²) in [6.45, 7) is 6.38. The summed E-state index contributed by atoms with van der Waals surface area (Å²) in [5.74, 6) is 0. The van der Waals surface area contributed by atoms with Crippen LogP contribution in [0.4, 0.5) is 0 Å². The zero-order valence-corrected chi connectivity index (χ0v) is 10.3. The van der Waals surface area contributed by atoms with E-state index in [0.717, 1.165) is 11.0 Å². The summed E-state index contributed by atoms with van der Waals surface area (Å²) in [6.07, 6.45) is 3.72. The van der Waals surface area contributed by atoms with E-state index in [0.29, 0.717) is 0 Å². The van der Waals surface area contributed by atoms with Gasteiger partial charge in [-0.2, -0.15) is 0 Å². The molecule has 17 heavy (non-hydrogen) atoms. The summed E-state index contributed by atoms with van der Waals surface area (Å²) in [6, 6.07) is 6.31. The second-order valence-electron chi connectivity index (χ2n) is 4.57. The van der Waals surface area contributed by atoms with Crippen molar-refractivity contribution in [2.24, 2.45) is 0 Å². The molecule has 1 aromatic carbocycles. The van der Waals surface area contributed by atoms with Gasteiger partial charge in [-0.3, -0.25) is 9.97 Å². The van der Waals surface area contributed by atoms with Gasteiger partial charge in [-0.25, -0.2) is 0 Å². The topological polar surface area (TPSA) is 25.8 Å². The summed E-state index contributed by atoms with van der Waals surface area (Å²) in [7, 11) is 0. The molecule has 0 saturated carbocycles. The van der Waals surface area contributed by atoms with E-state index < -0.39 is 0 Å². The maximum atomic E-state index is 4.51. The van der Waals surface area contributed by atoms with Gasteiger partial charge >= 0.3 is 0 Å². The molecule has 2 nitrogen and oxygen atoms in total. The van der Waals surface area contributed by atoms with Gasteiger partial charge in [-0.1, -0.05) is 0 Å². The number of benzene rings is 1. The van der Waals surface area contributed by atoms with Crippen molar-refractivity contribution < 1.29 is 0 Å². The van der Waals surface area contributed by atoms with E-state index in [1.54, 1.807) is 0 Å². The summed E-state index contributed by atoms with van der Waals surface area (Å²) < 4.78 is 0. The fraction of sp³-hybridized carbons (Fsp3) is 0.200. The largest absolute Gasteiger partial charge is 0.254 e. The number of hydrogen-bond donors (Lipinski definition) is 0. The Labute approximate surface area is 100 Å². The molecule has 0 radical (unpaired) electrons. The van der Waals surface area contributed by atoms with Crippen LogP contribution in [-0.2, 0) is 0 Å². The molecule has 0 spiro atoms. The lowest BCUT2D eigenvalue weighted by atomic mass is 9.99. The highest BCUT2D eigenvalue weighted by molar-refractivity contribution is 6.06. The molecule has 3 rings (SSSR count). The molecule has 84 valence electrons. The van der Waals surface area contributed by atoms with Gasteiger partial charge in [0.05, 0.1) is 11.0 Å². The number of rotatable bonds is 0. The van der Waals surface area contributed by atoms with Gasteiger partial charge in [-0.15, -0.1) is 0 Å². The molecule has 0 N–H and O–H groups in total. The lowest BCUT2D eigenvalue weighted by Gasteiger charge is -2.09. The van der Waals surface area contributed by atoms with Crippen LogP contribution < -0.4 is 0 Å². The fourth-order valence-corrected chi connectivity index (χ4v) is 2.46. The molecule has 0 fully saturated rings. The van der Waals surface area contributed by atoms with Crippen molar-refractivity contribution in [1.82, 2.24) is 9.97 Å². The second kappa shape index (κ2) is 3.52. The van der Waals surface area contributed by atoms with E-state index >= 15 is 0 Å². The van der Waals surface area contributed by atoms with Crippen LogP contribution in [0.3, 0.4) is 0 Å². The van der Waals surface area contributed by atoms with Crippen molar-refractivity contribution in [3.05, 3.63) is 47.3 Å². The normalized spacial score (nSPS) is 11.2. The molecule has 0 amide bonds. The minimum absolute atomic E-state index is 1.01. The predicted octanol–water partition coefficient (Wildman–Crippen LogP) is 3.71. The van der Waals surface area contributed by atoms with Crippen molar-refractivity contribution in [3.63, 3.8) is 0 Å². The van der Waals surface area contributed by atoms with E-state index in [1.165, 1.54) is 27.5 Å². The minimum Gasteiger partial charge on any atom is -0.254 e. The Bertz CT molecular complexity index is 730. The molecular formula is C15H14N2. The first-order valence-electron chi connectivity index (χ1n) is 5.78. The average molecular weight is 222 g/mol. The average Bonchev–Trinajstić information content (AvgIpc) is 2.31. The Balaban J connectivity index is 2.65. The van der Waals surface area contributed by atoms with Crippen LogP contribution in [-0.4, -0.2) is 9.97 Å². The Kier molecular flexibility index (Phi) is 2.11. The highest BCUT2D eigenvalue weighted by Gasteiger charge is 2.09. The van der Waals surface area contributed by atoms with Gasteiger partial charge in [0, 0.05) is 23.2 Å². The molecule has 2 heterocycles. The van der Waals surface area contributed by atoms with E-state index in [4.69, 9.17) is 0 Å². The summed E-state index contributed by atoms with van der Waals surface area (Å²) in [5, 5.41) is 2.44. The van der Waals surface area contributed by atoms with E-state index in [9.17, 15) is 0 Å². The maximum absolute atomic E-state index is 4.51. The molecule has 2 aromatic heterocycles. The van der Waals surface area contributed by atoms with Crippen molar-refractivity contribution in [2.75, 3.05) is 0 Å². The van der Waals surface area contributed by atoms with Crippen LogP contribution in [0.5, 0.6) is 0 Å². The zero-order chi connectivity index (χ0) is 12.0. The Morgan fingerprint density at radius 3 is 2.18 bits per heavy atom. The van der Waals surface area contributed by atoms with Crippen molar-refractivity contribution >= 4 is 21.8 Å². The van der Waals surface area contributed by atoms with E-state index in [1.807, 2.05) is 18.5 Å². The first-order valence-corrected chi connectivity index (χ1v) is 5.78. The van der Waals surface area contributed by atoms with Crippen molar-refractivity contribution in [2.45, 2.75) is 20.8 Å². The molecule has 0 aliphatic heterocycles. The predicted molar refractivity (Wildman–Crippen MR) is 71.3 cm³/mol. The van der Waals surface area contributed by atoms with Crippen LogP contribution in [0.15, 0.2) is 30.6 Å². The molecule has 2 heteroatoms. The highest BCUT2D eigenvalue weighted by atomic mass is 14.7. The quantitative estimate of drug-likeness (QED) is 0.542. The van der Waals surface area contributed by atoms with E-state index in [2.05, 4.69) is 42.9 Å². The minimum atomic E-state index is 1.01. The van der Waals surface area contributed by atoms with Gasteiger partial charge in [0.1, 0.15) is 0 Å². The van der Waals surface area contributed by atoms with Gasteiger partial charge < -0.3 is 0 Å². The lowest BCUT2D eigenvalue weighted by molar-refractivity contribution is 1.32. The van der Waals surface area contributed by atoms with E-state index in [-0.39, 0.29) is 0 Å². The molecule has 0 aliphatic rings. The summed E-state index contributed by atoms with van der Waals surface area (Å²) >= 11 is 0. The molecule has 0 saturated heterocycles. The summed E-state index contributed by atoms with van der Waals surface area (Å²) in [5.41, 5.74) is 5.81. The molecule has 3 aromatic rings. The molecule has 0 aliphatic carbocycles. The van der Waals surface area contributed by atoms with Gasteiger partial charge in [-0.05, 0) is 55.7 Å². The third kappa shape index (κ3) is 1.41. The molecule has 0 atom stereocenters. The maximum Gasteiger partial charge on any atom is 0.0969 e. The SMILES string of the molecule is Cc1ccnc2c1cc(C)c1c(C)ccnc12.